The zero-order chi connectivity index (χ0) is 22.3. The van der Waals surface area contributed by atoms with E-state index < -0.39 is 6.04 Å². The SMILES string of the molecule is Cc1cc(C)c2c(=O)c3c(oc2c1)C(=O)N(CCCOC(C)C)C3c1cccc(Cl)c1. The summed E-state index contributed by atoms with van der Waals surface area (Å²) in [5.74, 6) is -0.153. The van der Waals surface area contributed by atoms with Crippen LogP contribution in [0.25, 0.3) is 11.0 Å². The van der Waals surface area contributed by atoms with Gasteiger partial charge in [-0.2, -0.15) is 0 Å². The summed E-state index contributed by atoms with van der Waals surface area (Å²) in [7, 11) is 0. The summed E-state index contributed by atoms with van der Waals surface area (Å²) in [5, 5.41) is 1.08. The Morgan fingerprint density at radius 3 is 2.65 bits per heavy atom. The van der Waals surface area contributed by atoms with Gasteiger partial charge in [0.05, 0.1) is 23.1 Å². The Hall–Kier alpha value is -2.63. The number of aryl methyl sites for hydroxylation is 2. The average Bonchev–Trinajstić information content (AvgIpc) is 2.97. The highest BCUT2D eigenvalue weighted by molar-refractivity contribution is 6.30. The molecule has 0 saturated heterocycles. The molecule has 2 aromatic carbocycles. The molecule has 1 amide bonds. The second-order valence-corrected chi connectivity index (χ2v) is 8.79. The van der Waals surface area contributed by atoms with Crippen LogP contribution in [0, 0.1) is 13.8 Å². The van der Waals surface area contributed by atoms with E-state index in [0.717, 1.165) is 16.7 Å². The van der Waals surface area contributed by atoms with Gasteiger partial charge in [-0.3, -0.25) is 9.59 Å². The molecule has 1 aromatic heterocycles. The highest BCUT2D eigenvalue weighted by Crippen LogP contribution is 2.39. The lowest BCUT2D eigenvalue weighted by molar-refractivity contribution is 0.0593. The maximum Gasteiger partial charge on any atom is 0.290 e. The molecule has 1 atom stereocenters. The summed E-state index contributed by atoms with van der Waals surface area (Å²) in [6.07, 6.45) is 0.774. The van der Waals surface area contributed by atoms with Crippen LogP contribution < -0.4 is 5.43 Å². The minimum Gasteiger partial charge on any atom is -0.450 e. The molecule has 0 N–H and O–H groups in total. The highest BCUT2D eigenvalue weighted by Gasteiger charge is 2.42. The minimum absolute atomic E-state index is 0.120. The molecule has 1 aliphatic heterocycles. The number of amides is 1. The van der Waals surface area contributed by atoms with Crippen LogP contribution in [0.5, 0.6) is 0 Å². The molecule has 0 aliphatic carbocycles. The fourth-order valence-corrected chi connectivity index (χ4v) is 4.52. The summed E-state index contributed by atoms with van der Waals surface area (Å²) in [6, 6.07) is 10.5. The molecule has 3 aromatic rings. The van der Waals surface area contributed by atoms with Crippen molar-refractivity contribution in [2.75, 3.05) is 13.2 Å². The van der Waals surface area contributed by atoms with Gasteiger partial charge in [0.1, 0.15) is 5.58 Å². The van der Waals surface area contributed by atoms with Gasteiger partial charge in [-0.1, -0.05) is 29.8 Å². The molecule has 0 spiro atoms. The van der Waals surface area contributed by atoms with Crippen LogP contribution in [0.15, 0.2) is 45.6 Å². The van der Waals surface area contributed by atoms with Crippen LogP contribution in [-0.4, -0.2) is 30.1 Å². The van der Waals surface area contributed by atoms with Crippen LogP contribution in [0.2, 0.25) is 5.02 Å². The summed E-state index contributed by atoms with van der Waals surface area (Å²) in [4.78, 5) is 28.7. The van der Waals surface area contributed by atoms with Crippen LogP contribution in [0.4, 0.5) is 0 Å². The maximum atomic E-state index is 13.6. The van der Waals surface area contributed by atoms with Crippen LogP contribution in [0.3, 0.4) is 0 Å². The molecule has 0 bridgehead atoms. The van der Waals surface area contributed by atoms with Crippen molar-refractivity contribution in [3.05, 3.63) is 79.7 Å². The van der Waals surface area contributed by atoms with Gasteiger partial charge in [0.2, 0.25) is 5.76 Å². The zero-order valence-corrected chi connectivity index (χ0v) is 19.0. The Labute approximate surface area is 186 Å². The minimum atomic E-state index is -0.540. The van der Waals surface area contributed by atoms with Gasteiger partial charge in [-0.25, -0.2) is 0 Å². The summed E-state index contributed by atoms with van der Waals surface area (Å²) < 4.78 is 11.7. The van der Waals surface area contributed by atoms with E-state index in [1.807, 2.05) is 52.0 Å². The smallest absolute Gasteiger partial charge is 0.290 e. The van der Waals surface area contributed by atoms with Gasteiger partial charge < -0.3 is 14.1 Å². The van der Waals surface area contributed by atoms with Crippen molar-refractivity contribution in [1.29, 1.82) is 0 Å². The lowest BCUT2D eigenvalue weighted by Gasteiger charge is -2.25. The molecule has 6 heteroatoms. The molecule has 0 radical (unpaired) electrons. The van der Waals surface area contributed by atoms with Crippen molar-refractivity contribution >= 4 is 28.5 Å². The predicted octanol–water partition coefficient (Wildman–Crippen LogP) is 5.42. The number of ether oxygens (including phenoxy) is 1. The Kier molecular flexibility index (Phi) is 5.91. The number of benzene rings is 2. The molecular weight excluding hydrogens is 414 g/mol. The second kappa shape index (κ2) is 8.48. The number of hydrogen-bond acceptors (Lipinski definition) is 4. The topological polar surface area (TPSA) is 59.8 Å². The standard InChI is InChI=1S/C25H26ClNO4/c1-14(2)30-10-6-9-27-22(17-7-5-8-18(26)13-17)21-23(28)20-16(4)11-15(3)12-19(20)31-24(21)25(27)29/h5,7-8,11-14,22H,6,9-10H2,1-4H3. The average molecular weight is 440 g/mol. The predicted molar refractivity (Wildman–Crippen MR) is 122 cm³/mol. The quantitative estimate of drug-likeness (QED) is 0.481. The summed E-state index contributed by atoms with van der Waals surface area (Å²) >= 11 is 6.25. The Morgan fingerprint density at radius 1 is 1.16 bits per heavy atom. The maximum absolute atomic E-state index is 13.6. The summed E-state index contributed by atoms with van der Waals surface area (Å²) in [6.45, 7) is 8.76. The Bertz CT molecular complexity index is 1210. The third-order valence-corrected chi connectivity index (χ3v) is 5.81. The van der Waals surface area contributed by atoms with Crippen LogP contribution in [0.1, 0.15) is 59.1 Å². The van der Waals surface area contributed by atoms with E-state index in [9.17, 15) is 9.59 Å². The zero-order valence-electron chi connectivity index (χ0n) is 18.2. The molecule has 1 aliphatic rings. The highest BCUT2D eigenvalue weighted by atomic mass is 35.5. The van der Waals surface area contributed by atoms with Crippen molar-refractivity contribution in [2.45, 2.75) is 46.3 Å². The lowest BCUT2D eigenvalue weighted by atomic mass is 9.97. The van der Waals surface area contributed by atoms with E-state index in [2.05, 4.69) is 0 Å². The number of carbonyl (C=O) groups is 1. The molecule has 4 rings (SSSR count). The molecule has 5 nitrogen and oxygen atoms in total. The van der Waals surface area contributed by atoms with Gasteiger partial charge >= 0.3 is 0 Å². The van der Waals surface area contributed by atoms with E-state index in [4.69, 9.17) is 20.8 Å². The normalized spacial score (nSPS) is 15.9. The van der Waals surface area contributed by atoms with E-state index in [1.165, 1.54) is 0 Å². The number of hydrogen-bond donors (Lipinski definition) is 0. The van der Waals surface area contributed by atoms with E-state index in [1.54, 1.807) is 17.0 Å². The number of nitrogens with zero attached hydrogens (tertiary/aromatic N) is 1. The van der Waals surface area contributed by atoms with Gasteiger partial charge in [0, 0.05) is 18.2 Å². The van der Waals surface area contributed by atoms with E-state index in [0.29, 0.717) is 41.1 Å². The third kappa shape index (κ3) is 4.00. The molecule has 31 heavy (non-hydrogen) atoms. The first-order valence-electron chi connectivity index (χ1n) is 10.5. The fraction of sp³-hybridized carbons (Fsp3) is 0.360. The third-order valence-electron chi connectivity index (χ3n) is 5.57. The van der Waals surface area contributed by atoms with Crippen molar-refractivity contribution in [1.82, 2.24) is 4.90 Å². The second-order valence-electron chi connectivity index (χ2n) is 8.36. The van der Waals surface area contributed by atoms with E-state index in [-0.39, 0.29) is 23.2 Å². The van der Waals surface area contributed by atoms with Crippen molar-refractivity contribution < 1.29 is 13.9 Å². The molecule has 2 heterocycles. The number of rotatable bonds is 6. The van der Waals surface area contributed by atoms with Crippen molar-refractivity contribution in [3.8, 4) is 0 Å². The molecule has 1 unspecified atom stereocenters. The molecule has 0 fully saturated rings. The molecule has 162 valence electrons. The van der Waals surface area contributed by atoms with Gasteiger partial charge in [-0.05, 0) is 69.0 Å². The van der Waals surface area contributed by atoms with Crippen LogP contribution in [-0.2, 0) is 4.74 Å². The first-order chi connectivity index (χ1) is 14.8. The van der Waals surface area contributed by atoms with Crippen molar-refractivity contribution in [2.24, 2.45) is 0 Å². The van der Waals surface area contributed by atoms with Crippen molar-refractivity contribution in [3.63, 3.8) is 0 Å². The summed E-state index contributed by atoms with van der Waals surface area (Å²) in [5.41, 5.74) is 3.29. The lowest BCUT2D eigenvalue weighted by Crippen LogP contribution is -2.31. The first-order valence-corrected chi connectivity index (χ1v) is 10.9. The Balaban J connectivity index is 1.86. The van der Waals surface area contributed by atoms with Gasteiger partial charge in [0.15, 0.2) is 5.43 Å². The first kappa shape index (κ1) is 21.6. The molecule has 0 saturated carbocycles. The molecular formula is C25H26ClNO4. The number of carbonyl (C=O) groups excluding carboxylic acids is 1. The largest absolute Gasteiger partial charge is 0.450 e. The number of fused-ring (bicyclic) bond motifs is 2. The van der Waals surface area contributed by atoms with E-state index >= 15 is 0 Å². The number of halogens is 1. The van der Waals surface area contributed by atoms with Gasteiger partial charge in [-0.15, -0.1) is 0 Å². The van der Waals surface area contributed by atoms with Crippen LogP contribution >= 0.6 is 11.6 Å². The fourth-order valence-electron chi connectivity index (χ4n) is 4.32. The van der Waals surface area contributed by atoms with Gasteiger partial charge in [0.25, 0.3) is 5.91 Å². The monoisotopic (exact) mass is 439 g/mol. The Morgan fingerprint density at radius 2 is 1.94 bits per heavy atom.